The highest BCUT2D eigenvalue weighted by atomic mass is 16.5. The average molecular weight is 339 g/mol. The molecule has 0 bridgehead atoms. The summed E-state index contributed by atoms with van der Waals surface area (Å²) in [5.74, 6) is -0.508. The van der Waals surface area contributed by atoms with Crippen molar-refractivity contribution in [1.82, 2.24) is 9.47 Å². The minimum absolute atomic E-state index is 0.0424. The summed E-state index contributed by atoms with van der Waals surface area (Å²) in [7, 11) is 0. The van der Waals surface area contributed by atoms with Crippen molar-refractivity contribution in [3.05, 3.63) is 36.0 Å². The maximum absolute atomic E-state index is 12.7. The van der Waals surface area contributed by atoms with Gasteiger partial charge in [0, 0.05) is 30.2 Å². The molecule has 0 radical (unpaired) electrons. The highest BCUT2D eigenvalue weighted by Crippen LogP contribution is 2.22. The number of nitrogens with zero attached hydrogens (tertiary/aromatic N) is 3. The molecule has 1 aliphatic heterocycles. The molecular formula is C19H21N3O3. The van der Waals surface area contributed by atoms with Crippen LogP contribution in [0.3, 0.4) is 0 Å². The van der Waals surface area contributed by atoms with Gasteiger partial charge in [0.1, 0.15) is 12.6 Å². The lowest BCUT2D eigenvalue weighted by Gasteiger charge is -2.31. The Bertz CT molecular complexity index is 834. The Labute approximate surface area is 146 Å². The molecule has 6 nitrogen and oxygen atoms in total. The van der Waals surface area contributed by atoms with E-state index < -0.39 is 0 Å². The van der Waals surface area contributed by atoms with Crippen LogP contribution in [0.15, 0.2) is 30.5 Å². The van der Waals surface area contributed by atoms with E-state index in [0.29, 0.717) is 25.3 Å². The van der Waals surface area contributed by atoms with Crippen molar-refractivity contribution in [2.24, 2.45) is 5.92 Å². The summed E-state index contributed by atoms with van der Waals surface area (Å²) >= 11 is 0. The van der Waals surface area contributed by atoms with Gasteiger partial charge in [0.15, 0.2) is 0 Å². The molecule has 2 aromatic rings. The van der Waals surface area contributed by atoms with Gasteiger partial charge in [-0.15, -0.1) is 0 Å². The highest BCUT2D eigenvalue weighted by molar-refractivity contribution is 5.88. The smallest absolute Gasteiger partial charge is 0.310 e. The van der Waals surface area contributed by atoms with E-state index in [4.69, 9.17) is 4.74 Å². The first-order valence-corrected chi connectivity index (χ1v) is 8.56. The predicted molar refractivity (Wildman–Crippen MR) is 92.6 cm³/mol. The second-order valence-corrected chi connectivity index (χ2v) is 6.23. The van der Waals surface area contributed by atoms with Crippen molar-refractivity contribution in [1.29, 1.82) is 5.26 Å². The van der Waals surface area contributed by atoms with Crippen LogP contribution in [-0.2, 0) is 20.9 Å². The lowest BCUT2D eigenvalue weighted by molar-refractivity contribution is -0.151. The zero-order chi connectivity index (χ0) is 17.8. The molecule has 0 spiro atoms. The molecule has 1 aliphatic rings. The minimum Gasteiger partial charge on any atom is -0.466 e. The topological polar surface area (TPSA) is 75.3 Å². The van der Waals surface area contributed by atoms with Gasteiger partial charge in [-0.2, -0.15) is 5.26 Å². The van der Waals surface area contributed by atoms with Crippen molar-refractivity contribution in [2.75, 3.05) is 19.7 Å². The molecule has 1 aromatic heterocycles. The number of hydrogen-bond acceptors (Lipinski definition) is 4. The number of fused-ring (bicyclic) bond motifs is 1. The van der Waals surface area contributed by atoms with Crippen LogP contribution in [0.1, 0.15) is 25.3 Å². The average Bonchev–Trinajstić information content (AvgIpc) is 3.00. The third kappa shape index (κ3) is 3.50. The number of piperidine rings is 1. The summed E-state index contributed by atoms with van der Waals surface area (Å²) in [5.41, 5.74) is 1.43. The fourth-order valence-corrected chi connectivity index (χ4v) is 3.37. The number of para-hydroxylation sites is 1. The van der Waals surface area contributed by atoms with Crippen molar-refractivity contribution >= 4 is 22.8 Å². The molecule has 0 aliphatic carbocycles. The predicted octanol–water partition coefficient (Wildman–Crippen LogP) is 2.31. The molecule has 130 valence electrons. The maximum Gasteiger partial charge on any atom is 0.310 e. The molecule has 25 heavy (non-hydrogen) atoms. The largest absolute Gasteiger partial charge is 0.466 e. The number of rotatable bonds is 4. The molecule has 0 unspecified atom stereocenters. The standard InChI is InChI=1S/C19H21N3O3/c1-2-25-19(24)14-6-5-9-21(11-14)18(23)13-22-12-15(10-20)16-7-3-4-8-17(16)22/h3-4,7-8,12,14H,2,5-6,9,11,13H2,1H3/t14-/m1/s1. The third-order valence-corrected chi connectivity index (χ3v) is 4.61. The van der Waals surface area contributed by atoms with E-state index in [9.17, 15) is 14.9 Å². The Hall–Kier alpha value is -2.81. The molecule has 1 fully saturated rings. The molecule has 1 saturated heterocycles. The first kappa shape index (κ1) is 17.0. The quantitative estimate of drug-likeness (QED) is 0.801. The molecule has 1 amide bonds. The molecule has 0 N–H and O–H groups in total. The Morgan fingerprint density at radius 2 is 2.16 bits per heavy atom. The van der Waals surface area contributed by atoms with E-state index in [0.717, 1.165) is 23.7 Å². The van der Waals surface area contributed by atoms with Gasteiger partial charge in [-0.25, -0.2) is 0 Å². The van der Waals surface area contributed by atoms with Crippen LogP contribution in [-0.4, -0.2) is 41.0 Å². The van der Waals surface area contributed by atoms with E-state index in [-0.39, 0.29) is 24.3 Å². The number of nitriles is 1. The van der Waals surface area contributed by atoms with Crippen LogP contribution in [0.5, 0.6) is 0 Å². The molecule has 1 atom stereocenters. The number of carbonyl (C=O) groups excluding carboxylic acids is 2. The normalized spacial score (nSPS) is 17.3. The van der Waals surface area contributed by atoms with E-state index in [1.54, 1.807) is 18.0 Å². The van der Waals surface area contributed by atoms with E-state index in [1.807, 2.05) is 28.8 Å². The molecule has 2 heterocycles. The van der Waals surface area contributed by atoms with Crippen LogP contribution < -0.4 is 0 Å². The first-order chi connectivity index (χ1) is 12.1. The molecule has 6 heteroatoms. The lowest BCUT2D eigenvalue weighted by atomic mass is 9.98. The number of esters is 1. The van der Waals surface area contributed by atoms with Gasteiger partial charge in [0.25, 0.3) is 0 Å². The van der Waals surface area contributed by atoms with Gasteiger partial charge < -0.3 is 14.2 Å². The highest BCUT2D eigenvalue weighted by Gasteiger charge is 2.29. The molecule has 3 rings (SSSR count). The summed E-state index contributed by atoms with van der Waals surface area (Å²) in [6.45, 7) is 3.36. The van der Waals surface area contributed by atoms with Gasteiger partial charge in [-0.1, -0.05) is 18.2 Å². The Morgan fingerprint density at radius 1 is 1.36 bits per heavy atom. The van der Waals surface area contributed by atoms with E-state index in [2.05, 4.69) is 6.07 Å². The van der Waals surface area contributed by atoms with Crippen LogP contribution in [0.25, 0.3) is 10.9 Å². The first-order valence-electron chi connectivity index (χ1n) is 8.56. The fraction of sp³-hybridized carbons (Fsp3) is 0.421. The fourth-order valence-electron chi connectivity index (χ4n) is 3.37. The summed E-state index contributed by atoms with van der Waals surface area (Å²) in [6.07, 6.45) is 3.27. The number of benzene rings is 1. The second kappa shape index (κ2) is 7.39. The number of likely N-dealkylation sites (tertiary alicyclic amines) is 1. The van der Waals surface area contributed by atoms with Gasteiger partial charge in [0.2, 0.25) is 5.91 Å². The van der Waals surface area contributed by atoms with Gasteiger partial charge >= 0.3 is 5.97 Å². The van der Waals surface area contributed by atoms with Crippen molar-refractivity contribution in [3.8, 4) is 6.07 Å². The number of hydrogen-bond donors (Lipinski definition) is 0. The van der Waals surface area contributed by atoms with Gasteiger partial charge in [-0.3, -0.25) is 9.59 Å². The summed E-state index contributed by atoms with van der Waals surface area (Å²) in [4.78, 5) is 26.4. The minimum atomic E-state index is -0.242. The zero-order valence-electron chi connectivity index (χ0n) is 14.3. The summed E-state index contributed by atoms with van der Waals surface area (Å²) in [6, 6.07) is 9.73. The van der Waals surface area contributed by atoms with Crippen molar-refractivity contribution in [2.45, 2.75) is 26.3 Å². The van der Waals surface area contributed by atoms with E-state index >= 15 is 0 Å². The maximum atomic E-state index is 12.7. The molecular weight excluding hydrogens is 318 g/mol. The summed E-state index contributed by atoms with van der Waals surface area (Å²) < 4.78 is 6.89. The third-order valence-electron chi connectivity index (χ3n) is 4.61. The lowest BCUT2D eigenvalue weighted by Crippen LogP contribution is -2.44. The Kier molecular flexibility index (Phi) is 5.03. The van der Waals surface area contributed by atoms with Crippen LogP contribution >= 0.6 is 0 Å². The molecule has 0 saturated carbocycles. The summed E-state index contributed by atoms with van der Waals surface area (Å²) in [5, 5.41) is 10.1. The van der Waals surface area contributed by atoms with Gasteiger partial charge in [0.05, 0.1) is 18.1 Å². The number of amides is 1. The Morgan fingerprint density at radius 3 is 2.92 bits per heavy atom. The SMILES string of the molecule is CCOC(=O)[C@@H]1CCCN(C(=O)Cn2cc(C#N)c3ccccc32)C1. The number of aromatic nitrogens is 1. The van der Waals surface area contributed by atoms with E-state index in [1.165, 1.54) is 0 Å². The monoisotopic (exact) mass is 339 g/mol. The second-order valence-electron chi connectivity index (χ2n) is 6.23. The van der Waals surface area contributed by atoms with Crippen LogP contribution in [0.4, 0.5) is 0 Å². The zero-order valence-corrected chi connectivity index (χ0v) is 14.3. The van der Waals surface area contributed by atoms with Crippen LogP contribution in [0, 0.1) is 17.2 Å². The van der Waals surface area contributed by atoms with Crippen LogP contribution in [0.2, 0.25) is 0 Å². The van der Waals surface area contributed by atoms with Gasteiger partial charge in [-0.05, 0) is 25.8 Å². The van der Waals surface area contributed by atoms with Crippen molar-refractivity contribution < 1.29 is 14.3 Å². The number of carbonyl (C=O) groups is 2. The number of ether oxygens (including phenoxy) is 1. The Balaban J connectivity index is 1.74. The van der Waals surface area contributed by atoms with Crippen molar-refractivity contribution in [3.63, 3.8) is 0 Å². The molecule has 1 aromatic carbocycles.